The van der Waals surface area contributed by atoms with E-state index in [0.717, 1.165) is 41.7 Å². The summed E-state index contributed by atoms with van der Waals surface area (Å²) in [5.74, 6) is 1.46. The lowest BCUT2D eigenvalue weighted by atomic mass is 9.96. The molecule has 0 saturated carbocycles. The van der Waals surface area contributed by atoms with Crippen LogP contribution in [0.3, 0.4) is 0 Å². The van der Waals surface area contributed by atoms with Crippen molar-refractivity contribution in [2.75, 3.05) is 36.9 Å². The zero-order valence-electron chi connectivity index (χ0n) is 16.2. The normalized spacial score (nSPS) is 20.4. The van der Waals surface area contributed by atoms with Gasteiger partial charge >= 0.3 is 6.01 Å². The van der Waals surface area contributed by atoms with E-state index in [1.807, 2.05) is 0 Å². The van der Waals surface area contributed by atoms with E-state index in [1.165, 1.54) is 18.5 Å². The maximum atomic E-state index is 14.3. The Morgan fingerprint density at radius 2 is 2.07 bits per heavy atom. The number of benzene rings is 1. The number of ether oxygens (including phenoxy) is 1. The fourth-order valence-corrected chi connectivity index (χ4v) is 4.36. The van der Waals surface area contributed by atoms with Crippen molar-refractivity contribution in [1.29, 1.82) is 0 Å². The van der Waals surface area contributed by atoms with E-state index in [0.29, 0.717) is 29.0 Å². The first kappa shape index (κ1) is 17.3. The van der Waals surface area contributed by atoms with Gasteiger partial charge < -0.3 is 25.3 Å². The first-order chi connectivity index (χ1) is 14.7. The molecule has 152 valence electrons. The minimum atomic E-state index is -0.316. The van der Waals surface area contributed by atoms with Crippen molar-refractivity contribution in [2.24, 2.45) is 5.92 Å². The van der Waals surface area contributed by atoms with Gasteiger partial charge in [-0.05, 0) is 12.1 Å². The van der Waals surface area contributed by atoms with Gasteiger partial charge in [0.1, 0.15) is 23.6 Å². The molecule has 6 rings (SSSR count). The van der Waals surface area contributed by atoms with E-state index in [1.54, 1.807) is 19.4 Å². The topological polar surface area (TPSA) is 104 Å². The SMILES string of the molecule is CNc1cc(F)cc2c1[nH]c1nc(Oc3cncnc3)nc(N3CC4CNC4C3)c12. The number of aromatic amines is 1. The van der Waals surface area contributed by atoms with Gasteiger partial charge in [0, 0.05) is 44.0 Å². The van der Waals surface area contributed by atoms with Gasteiger partial charge in [0.25, 0.3) is 0 Å². The van der Waals surface area contributed by atoms with E-state index in [2.05, 4.69) is 35.5 Å². The van der Waals surface area contributed by atoms with Crippen LogP contribution < -0.4 is 20.3 Å². The molecule has 9 nitrogen and oxygen atoms in total. The maximum absolute atomic E-state index is 14.3. The molecule has 4 aromatic rings. The Labute approximate surface area is 170 Å². The molecule has 2 aliphatic heterocycles. The third-order valence-electron chi connectivity index (χ3n) is 5.88. The third kappa shape index (κ3) is 2.64. The van der Waals surface area contributed by atoms with Crippen molar-refractivity contribution >= 4 is 33.4 Å². The van der Waals surface area contributed by atoms with Crippen molar-refractivity contribution in [2.45, 2.75) is 6.04 Å². The number of halogens is 1. The molecular formula is C20H19FN8O. The van der Waals surface area contributed by atoms with Gasteiger partial charge in [-0.3, -0.25) is 0 Å². The van der Waals surface area contributed by atoms with Crippen LogP contribution in [0.4, 0.5) is 15.9 Å². The average Bonchev–Trinajstić information content (AvgIpc) is 3.24. The van der Waals surface area contributed by atoms with Crippen molar-refractivity contribution < 1.29 is 9.13 Å². The number of anilines is 2. The standard InChI is InChI=1S/C20H19FN8O/c1-22-14-3-11(21)2-13-16-18(26-17(13)14)27-20(30-12-5-23-9-24-6-12)28-19(16)29-7-10-4-25-15(10)8-29/h2-3,5-6,9-10,15,22,25H,4,7-8H2,1H3,(H,26,27,28). The molecule has 0 bridgehead atoms. The molecule has 0 radical (unpaired) electrons. The molecule has 0 amide bonds. The van der Waals surface area contributed by atoms with Crippen LogP contribution in [0.1, 0.15) is 0 Å². The summed E-state index contributed by atoms with van der Waals surface area (Å²) >= 11 is 0. The molecule has 2 unspecified atom stereocenters. The lowest BCUT2D eigenvalue weighted by Gasteiger charge is -2.29. The molecule has 0 spiro atoms. The summed E-state index contributed by atoms with van der Waals surface area (Å²) in [6.07, 6.45) is 4.54. The zero-order chi connectivity index (χ0) is 20.2. The molecule has 2 aliphatic rings. The van der Waals surface area contributed by atoms with E-state index in [4.69, 9.17) is 9.72 Å². The molecular weight excluding hydrogens is 387 g/mol. The summed E-state index contributed by atoms with van der Waals surface area (Å²) in [5, 5.41) is 8.04. The highest BCUT2D eigenvalue weighted by Gasteiger charge is 2.40. The molecule has 5 heterocycles. The van der Waals surface area contributed by atoms with E-state index in [-0.39, 0.29) is 11.8 Å². The molecule has 1 aromatic carbocycles. The zero-order valence-corrected chi connectivity index (χ0v) is 16.2. The number of aromatic nitrogens is 5. The number of nitrogens with zero attached hydrogens (tertiary/aromatic N) is 5. The summed E-state index contributed by atoms with van der Waals surface area (Å²) < 4.78 is 20.2. The molecule has 3 N–H and O–H groups in total. The van der Waals surface area contributed by atoms with E-state index in [9.17, 15) is 4.39 Å². The molecule has 30 heavy (non-hydrogen) atoms. The van der Waals surface area contributed by atoms with Crippen LogP contribution in [-0.2, 0) is 0 Å². The highest BCUT2D eigenvalue weighted by Crippen LogP contribution is 2.39. The van der Waals surface area contributed by atoms with Gasteiger partial charge in [-0.2, -0.15) is 9.97 Å². The second-order valence-electron chi connectivity index (χ2n) is 7.66. The smallest absolute Gasteiger partial charge is 0.326 e. The highest BCUT2D eigenvalue weighted by atomic mass is 19.1. The van der Waals surface area contributed by atoms with Crippen molar-refractivity contribution in [1.82, 2.24) is 30.2 Å². The van der Waals surface area contributed by atoms with E-state index < -0.39 is 0 Å². The predicted octanol–water partition coefficient (Wildman–Crippen LogP) is 2.28. The highest BCUT2D eigenvalue weighted by molar-refractivity contribution is 6.14. The fraction of sp³-hybridized carbons (Fsp3) is 0.300. The summed E-state index contributed by atoms with van der Waals surface area (Å²) in [5.41, 5.74) is 2.04. The molecule has 2 atom stereocenters. The first-order valence-corrected chi connectivity index (χ1v) is 9.81. The van der Waals surface area contributed by atoms with Crippen LogP contribution in [0.2, 0.25) is 0 Å². The van der Waals surface area contributed by atoms with Crippen LogP contribution in [0.5, 0.6) is 11.8 Å². The number of rotatable bonds is 4. The molecule has 3 aromatic heterocycles. The fourth-order valence-electron chi connectivity index (χ4n) is 4.36. The summed E-state index contributed by atoms with van der Waals surface area (Å²) in [7, 11) is 1.76. The van der Waals surface area contributed by atoms with Gasteiger partial charge in [0.15, 0.2) is 5.75 Å². The second kappa shape index (κ2) is 6.49. The predicted molar refractivity (Wildman–Crippen MR) is 110 cm³/mol. The van der Waals surface area contributed by atoms with Crippen LogP contribution in [0, 0.1) is 11.7 Å². The van der Waals surface area contributed by atoms with E-state index >= 15 is 0 Å². The minimum absolute atomic E-state index is 0.192. The van der Waals surface area contributed by atoms with Crippen molar-refractivity contribution in [3.63, 3.8) is 0 Å². The van der Waals surface area contributed by atoms with Crippen molar-refractivity contribution in [3.05, 3.63) is 36.7 Å². The summed E-state index contributed by atoms with van der Waals surface area (Å²) in [6, 6.07) is 3.63. The Bertz CT molecular complexity index is 1250. The number of hydrogen-bond acceptors (Lipinski definition) is 8. The van der Waals surface area contributed by atoms with Crippen LogP contribution >= 0.6 is 0 Å². The average molecular weight is 406 g/mol. The number of fused-ring (bicyclic) bond motifs is 4. The first-order valence-electron chi connectivity index (χ1n) is 9.81. The van der Waals surface area contributed by atoms with Gasteiger partial charge in [-0.1, -0.05) is 0 Å². The lowest BCUT2D eigenvalue weighted by molar-refractivity contribution is 0.297. The van der Waals surface area contributed by atoms with Gasteiger partial charge in [0.2, 0.25) is 0 Å². The minimum Gasteiger partial charge on any atom is -0.421 e. The third-order valence-corrected chi connectivity index (χ3v) is 5.88. The lowest BCUT2D eigenvalue weighted by Crippen LogP contribution is -2.51. The molecule has 2 saturated heterocycles. The Balaban J connectivity index is 1.56. The second-order valence-corrected chi connectivity index (χ2v) is 7.66. The van der Waals surface area contributed by atoms with Gasteiger partial charge in [-0.15, -0.1) is 0 Å². The number of nitrogens with one attached hydrogen (secondary N) is 3. The summed E-state index contributed by atoms with van der Waals surface area (Å²) in [4.78, 5) is 22.8. The van der Waals surface area contributed by atoms with Gasteiger partial charge in [-0.25, -0.2) is 14.4 Å². The van der Waals surface area contributed by atoms with Crippen LogP contribution in [0.25, 0.3) is 21.9 Å². The molecule has 10 heteroatoms. The quantitative estimate of drug-likeness (QED) is 0.474. The summed E-state index contributed by atoms with van der Waals surface area (Å²) in [6.45, 7) is 2.73. The van der Waals surface area contributed by atoms with Crippen molar-refractivity contribution in [3.8, 4) is 11.8 Å². The Morgan fingerprint density at radius 3 is 2.77 bits per heavy atom. The monoisotopic (exact) mass is 406 g/mol. The maximum Gasteiger partial charge on any atom is 0.326 e. The van der Waals surface area contributed by atoms with Crippen LogP contribution in [0.15, 0.2) is 30.9 Å². The number of hydrogen-bond donors (Lipinski definition) is 3. The van der Waals surface area contributed by atoms with Gasteiger partial charge in [0.05, 0.1) is 29.0 Å². The Hall–Kier alpha value is -3.53. The largest absolute Gasteiger partial charge is 0.421 e. The molecule has 2 fully saturated rings. The number of H-pyrrole nitrogens is 1. The Morgan fingerprint density at radius 1 is 1.20 bits per heavy atom. The van der Waals surface area contributed by atoms with Crippen LogP contribution in [-0.4, -0.2) is 57.6 Å². The molecule has 0 aliphatic carbocycles. The Kier molecular flexibility index (Phi) is 3.75.